The Morgan fingerprint density at radius 2 is 0.661 bits per heavy atom. The van der Waals surface area contributed by atoms with Crippen LogP contribution in [0.15, 0.2) is 60.8 Å². The Kier molecular flexibility index (Phi) is 48.4. The molecule has 0 amide bonds. The minimum absolute atomic E-state index is 0.0962. The van der Waals surface area contributed by atoms with E-state index in [4.69, 9.17) is 14.2 Å². The number of unbranched alkanes of at least 4 members (excludes halogenated alkanes) is 26. The van der Waals surface area contributed by atoms with Crippen molar-refractivity contribution in [2.24, 2.45) is 0 Å². The van der Waals surface area contributed by atoms with E-state index in [0.29, 0.717) is 19.3 Å². The van der Waals surface area contributed by atoms with Gasteiger partial charge in [-0.1, -0.05) is 229 Å². The molecule has 0 N–H and O–H groups in total. The van der Waals surface area contributed by atoms with Gasteiger partial charge in [-0.15, -0.1) is 0 Å². The molecule has 0 spiro atoms. The standard InChI is InChI=1S/C56H98O6/c1-4-7-10-13-16-19-22-25-26-27-28-29-30-32-34-37-40-43-46-49-55(58)61-52-53(51-60-54(57)48-45-42-39-36-33-24-21-18-15-12-9-6-3)62-56(59)50-47-44-41-38-35-31-23-20-17-14-11-8-5-2/h7,10,16,19,25-26,31,35,41,44,53H,4-6,8-9,11-15,17-18,20-24,27-30,32-34,36-40,42-43,45-52H2,1-3H3/b10-7-,19-16-,26-25-,35-31-,44-41-. The van der Waals surface area contributed by atoms with Gasteiger partial charge in [0.25, 0.3) is 0 Å². The molecule has 0 rings (SSSR count). The van der Waals surface area contributed by atoms with E-state index in [1.165, 1.54) is 141 Å². The monoisotopic (exact) mass is 867 g/mol. The molecule has 0 bridgehead atoms. The summed E-state index contributed by atoms with van der Waals surface area (Å²) in [6.45, 7) is 6.47. The van der Waals surface area contributed by atoms with Crippen molar-refractivity contribution in [3.63, 3.8) is 0 Å². The molecule has 0 aromatic heterocycles. The summed E-state index contributed by atoms with van der Waals surface area (Å²) >= 11 is 0. The second-order valence-corrected chi connectivity index (χ2v) is 17.4. The first kappa shape index (κ1) is 59.1. The fourth-order valence-corrected chi connectivity index (χ4v) is 7.33. The molecule has 6 nitrogen and oxygen atoms in total. The van der Waals surface area contributed by atoms with E-state index in [2.05, 4.69) is 75.5 Å². The van der Waals surface area contributed by atoms with Crippen LogP contribution in [0.5, 0.6) is 0 Å². The molecular weight excluding hydrogens is 769 g/mol. The number of allylic oxidation sites excluding steroid dienone is 10. The molecule has 0 aromatic rings. The molecule has 1 unspecified atom stereocenters. The van der Waals surface area contributed by atoms with Crippen LogP contribution in [0.2, 0.25) is 0 Å². The molecule has 358 valence electrons. The first-order valence-corrected chi connectivity index (χ1v) is 26.3. The van der Waals surface area contributed by atoms with Gasteiger partial charge >= 0.3 is 17.9 Å². The van der Waals surface area contributed by atoms with Crippen LogP contribution >= 0.6 is 0 Å². The lowest BCUT2D eigenvalue weighted by Crippen LogP contribution is -2.30. The largest absolute Gasteiger partial charge is 0.462 e. The molecule has 1 atom stereocenters. The van der Waals surface area contributed by atoms with Crippen LogP contribution in [0.4, 0.5) is 0 Å². The highest BCUT2D eigenvalue weighted by Gasteiger charge is 2.19. The number of esters is 3. The van der Waals surface area contributed by atoms with Crippen molar-refractivity contribution < 1.29 is 28.6 Å². The van der Waals surface area contributed by atoms with E-state index in [9.17, 15) is 14.4 Å². The third-order valence-electron chi connectivity index (χ3n) is 11.3. The molecule has 0 fully saturated rings. The minimum Gasteiger partial charge on any atom is -0.462 e. The first-order valence-electron chi connectivity index (χ1n) is 26.3. The van der Waals surface area contributed by atoms with Crippen molar-refractivity contribution in [3.8, 4) is 0 Å². The SMILES string of the molecule is CC/C=C\C/C=C\C/C=C\CCCCCCCCCCCC(=O)OCC(COC(=O)CCCCCCCCCCCCCC)OC(=O)CC/C=C\C/C=C\CCCCCCCC. The summed E-state index contributed by atoms with van der Waals surface area (Å²) < 4.78 is 16.7. The van der Waals surface area contributed by atoms with Crippen LogP contribution in [-0.4, -0.2) is 37.2 Å². The Hall–Kier alpha value is -2.89. The van der Waals surface area contributed by atoms with Crippen LogP contribution in [0.1, 0.15) is 258 Å². The van der Waals surface area contributed by atoms with E-state index < -0.39 is 6.10 Å². The predicted octanol–water partition coefficient (Wildman–Crippen LogP) is 17.3. The Bertz CT molecular complexity index is 1130. The zero-order valence-corrected chi connectivity index (χ0v) is 40.9. The van der Waals surface area contributed by atoms with Crippen molar-refractivity contribution in [3.05, 3.63) is 60.8 Å². The van der Waals surface area contributed by atoms with E-state index in [1.54, 1.807) is 0 Å². The van der Waals surface area contributed by atoms with Crippen LogP contribution < -0.4 is 0 Å². The number of hydrogen-bond donors (Lipinski definition) is 0. The highest BCUT2D eigenvalue weighted by Crippen LogP contribution is 2.15. The fraction of sp³-hybridized carbons (Fsp3) is 0.768. The molecule has 0 radical (unpaired) electrons. The van der Waals surface area contributed by atoms with Crippen LogP contribution in [0.25, 0.3) is 0 Å². The van der Waals surface area contributed by atoms with E-state index in [0.717, 1.165) is 70.6 Å². The molecule has 0 saturated carbocycles. The lowest BCUT2D eigenvalue weighted by atomic mass is 10.0. The second kappa shape index (κ2) is 50.8. The molecule has 0 heterocycles. The van der Waals surface area contributed by atoms with Crippen molar-refractivity contribution in [2.45, 2.75) is 264 Å². The maximum atomic E-state index is 12.7. The van der Waals surface area contributed by atoms with Gasteiger partial charge in [-0.2, -0.15) is 0 Å². The molecule has 0 saturated heterocycles. The average Bonchev–Trinajstić information content (AvgIpc) is 3.27. The van der Waals surface area contributed by atoms with E-state index >= 15 is 0 Å². The van der Waals surface area contributed by atoms with Gasteiger partial charge in [0.2, 0.25) is 0 Å². The summed E-state index contributed by atoms with van der Waals surface area (Å²) in [5, 5.41) is 0. The van der Waals surface area contributed by atoms with Gasteiger partial charge in [-0.25, -0.2) is 0 Å². The molecule has 0 aliphatic rings. The first-order chi connectivity index (χ1) is 30.5. The van der Waals surface area contributed by atoms with Crippen LogP contribution in [-0.2, 0) is 28.6 Å². The number of hydrogen-bond acceptors (Lipinski definition) is 6. The van der Waals surface area contributed by atoms with Gasteiger partial charge in [0.15, 0.2) is 6.10 Å². The second-order valence-electron chi connectivity index (χ2n) is 17.4. The lowest BCUT2D eigenvalue weighted by Gasteiger charge is -2.18. The van der Waals surface area contributed by atoms with Crippen molar-refractivity contribution in [1.82, 2.24) is 0 Å². The molecular formula is C56H98O6. The van der Waals surface area contributed by atoms with Crippen molar-refractivity contribution >= 4 is 17.9 Å². The fourth-order valence-electron chi connectivity index (χ4n) is 7.33. The number of carbonyl (C=O) groups is 3. The normalized spacial score (nSPS) is 12.5. The zero-order valence-electron chi connectivity index (χ0n) is 40.9. The third-order valence-corrected chi connectivity index (χ3v) is 11.3. The smallest absolute Gasteiger partial charge is 0.306 e. The van der Waals surface area contributed by atoms with Gasteiger partial charge in [0.05, 0.1) is 0 Å². The maximum absolute atomic E-state index is 12.7. The summed E-state index contributed by atoms with van der Waals surface area (Å²) in [6.07, 6.45) is 62.2. The number of carbonyl (C=O) groups excluding carboxylic acids is 3. The molecule has 0 aromatic carbocycles. The summed E-state index contributed by atoms with van der Waals surface area (Å²) in [5.41, 5.74) is 0. The predicted molar refractivity (Wildman–Crippen MR) is 265 cm³/mol. The summed E-state index contributed by atoms with van der Waals surface area (Å²) in [6, 6.07) is 0. The van der Waals surface area contributed by atoms with Gasteiger partial charge in [0, 0.05) is 19.3 Å². The third kappa shape index (κ3) is 48.1. The van der Waals surface area contributed by atoms with Gasteiger partial charge in [-0.05, 0) is 70.6 Å². The maximum Gasteiger partial charge on any atom is 0.306 e. The molecule has 6 heteroatoms. The Morgan fingerprint density at radius 1 is 0.339 bits per heavy atom. The molecule has 0 aliphatic carbocycles. The lowest BCUT2D eigenvalue weighted by molar-refractivity contribution is -0.166. The Balaban J connectivity index is 4.38. The quantitative estimate of drug-likeness (QED) is 0.0262. The minimum atomic E-state index is -0.803. The Morgan fingerprint density at radius 3 is 1.05 bits per heavy atom. The van der Waals surface area contributed by atoms with Gasteiger partial charge < -0.3 is 14.2 Å². The number of rotatable bonds is 47. The summed E-state index contributed by atoms with van der Waals surface area (Å²) in [7, 11) is 0. The van der Waals surface area contributed by atoms with Crippen molar-refractivity contribution in [1.29, 1.82) is 0 Å². The molecule has 62 heavy (non-hydrogen) atoms. The van der Waals surface area contributed by atoms with Crippen molar-refractivity contribution in [2.75, 3.05) is 13.2 Å². The topological polar surface area (TPSA) is 78.9 Å². The van der Waals surface area contributed by atoms with Crippen LogP contribution in [0, 0.1) is 0 Å². The summed E-state index contributed by atoms with van der Waals surface area (Å²) in [5.74, 6) is -0.965. The zero-order chi connectivity index (χ0) is 45.1. The average molecular weight is 867 g/mol. The van der Waals surface area contributed by atoms with Gasteiger partial charge in [-0.3, -0.25) is 14.4 Å². The Labute approximate surface area is 383 Å². The van der Waals surface area contributed by atoms with Gasteiger partial charge in [0.1, 0.15) is 13.2 Å². The van der Waals surface area contributed by atoms with Crippen LogP contribution in [0.3, 0.4) is 0 Å². The summed E-state index contributed by atoms with van der Waals surface area (Å²) in [4.78, 5) is 37.9. The highest BCUT2D eigenvalue weighted by molar-refractivity contribution is 5.71. The number of ether oxygens (including phenoxy) is 3. The van der Waals surface area contributed by atoms with E-state index in [1.807, 2.05) is 6.08 Å². The van der Waals surface area contributed by atoms with E-state index in [-0.39, 0.29) is 37.5 Å². The highest BCUT2D eigenvalue weighted by atomic mass is 16.6. The molecule has 0 aliphatic heterocycles.